The van der Waals surface area contributed by atoms with E-state index in [1.54, 1.807) is 13.0 Å². The van der Waals surface area contributed by atoms with Crippen LogP contribution >= 0.6 is 0 Å². The van der Waals surface area contributed by atoms with Gasteiger partial charge in [0.1, 0.15) is 11.4 Å². The highest BCUT2D eigenvalue weighted by Gasteiger charge is 2.15. The summed E-state index contributed by atoms with van der Waals surface area (Å²) in [5, 5.41) is 0.397. The number of carbonyl (C=O) groups is 1. The quantitative estimate of drug-likeness (QED) is 0.748. The molecule has 0 atom stereocenters. The van der Waals surface area contributed by atoms with Crippen LogP contribution in [0.25, 0.3) is 11.9 Å². The summed E-state index contributed by atoms with van der Waals surface area (Å²) < 4.78 is 18.3. The number of aromatic amines is 1. The Morgan fingerprint density at radius 1 is 1.59 bits per heavy atom. The third kappa shape index (κ3) is 2.00. The maximum absolute atomic E-state index is 13.6. The number of fused-ring (bicyclic) bond motifs is 1. The molecule has 1 aromatic heterocycles. The minimum Gasteiger partial charge on any atom is -0.462 e. The first-order valence-corrected chi connectivity index (χ1v) is 5.42. The average Bonchev–Trinajstić information content (AvgIpc) is 2.29. The predicted octanol–water partition coefficient (Wildman–Crippen LogP) is 0.204. The fourth-order valence-corrected chi connectivity index (χ4v) is 1.80. The summed E-state index contributed by atoms with van der Waals surface area (Å²) in [6.07, 6.45) is 3.76. The van der Waals surface area contributed by atoms with Crippen molar-refractivity contribution in [1.29, 1.82) is 0 Å². The van der Waals surface area contributed by atoms with Crippen molar-refractivity contribution >= 4 is 17.9 Å². The van der Waals surface area contributed by atoms with Crippen LogP contribution in [0.5, 0.6) is 0 Å². The van der Waals surface area contributed by atoms with E-state index in [0.29, 0.717) is 11.8 Å². The topological polar surface area (TPSA) is 59.2 Å². The van der Waals surface area contributed by atoms with Gasteiger partial charge in [-0.25, -0.2) is 9.18 Å². The molecule has 1 heterocycles. The maximum atomic E-state index is 13.6. The zero-order valence-corrected chi connectivity index (χ0v) is 9.38. The van der Waals surface area contributed by atoms with Crippen molar-refractivity contribution in [3.05, 3.63) is 32.6 Å². The molecule has 0 saturated carbocycles. The molecule has 17 heavy (non-hydrogen) atoms. The maximum Gasteiger partial charge on any atom is 0.343 e. The van der Waals surface area contributed by atoms with Crippen LogP contribution in [0.2, 0.25) is 0 Å². The van der Waals surface area contributed by atoms with Crippen LogP contribution in [-0.4, -0.2) is 17.6 Å². The van der Waals surface area contributed by atoms with Gasteiger partial charge in [-0.1, -0.05) is 6.08 Å². The normalized spacial score (nSPS) is 13.9. The largest absolute Gasteiger partial charge is 0.462 e. The van der Waals surface area contributed by atoms with Gasteiger partial charge in [-0.05, 0) is 13.3 Å². The molecule has 90 valence electrons. The van der Waals surface area contributed by atoms with Gasteiger partial charge in [0.25, 0.3) is 0 Å². The van der Waals surface area contributed by atoms with Crippen LogP contribution < -0.4 is 16.0 Å². The van der Waals surface area contributed by atoms with Gasteiger partial charge in [-0.2, -0.15) is 0 Å². The highest BCUT2D eigenvalue weighted by molar-refractivity contribution is 5.89. The molecule has 0 fully saturated rings. The van der Waals surface area contributed by atoms with E-state index in [2.05, 4.69) is 4.98 Å². The Balaban J connectivity index is 2.70. The minimum atomic E-state index is -0.727. The minimum absolute atomic E-state index is 0.0400. The Hall–Kier alpha value is -1.91. The highest BCUT2D eigenvalue weighted by atomic mass is 19.1. The zero-order valence-electron chi connectivity index (χ0n) is 9.38. The van der Waals surface area contributed by atoms with Crippen molar-refractivity contribution < 1.29 is 13.9 Å². The highest BCUT2D eigenvalue weighted by Crippen LogP contribution is 2.07. The van der Waals surface area contributed by atoms with Crippen molar-refractivity contribution in [3.8, 4) is 0 Å². The molecule has 5 heteroatoms. The molecule has 0 amide bonds. The Morgan fingerprint density at radius 2 is 2.35 bits per heavy atom. The molecule has 0 saturated heterocycles. The van der Waals surface area contributed by atoms with Crippen molar-refractivity contribution in [2.45, 2.75) is 19.8 Å². The molecular weight excluding hydrogens is 225 g/mol. The molecule has 0 aromatic carbocycles. The van der Waals surface area contributed by atoms with Gasteiger partial charge in [0.2, 0.25) is 5.43 Å². The fourth-order valence-electron chi connectivity index (χ4n) is 1.80. The smallest absolute Gasteiger partial charge is 0.343 e. The molecule has 0 bridgehead atoms. The average molecular weight is 237 g/mol. The van der Waals surface area contributed by atoms with E-state index in [4.69, 9.17) is 4.74 Å². The van der Waals surface area contributed by atoms with Crippen molar-refractivity contribution in [3.63, 3.8) is 0 Å². The van der Waals surface area contributed by atoms with E-state index < -0.39 is 17.2 Å². The number of aromatic nitrogens is 1. The van der Waals surface area contributed by atoms with E-state index in [1.807, 2.05) is 0 Å². The Bertz CT molecular complexity index is 630. The molecule has 0 radical (unpaired) electrons. The van der Waals surface area contributed by atoms with E-state index in [9.17, 15) is 14.0 Å². The molecule has 2 rings (SSSR count). The second kappa shape index (κ2) is 4.53. The lowest BCUT2D eigenvalue weighted by Crippen LogP contribution is -2.46. The molecule has 1 N–H and O–H groups in total. The van der Waals surface area contributed by atoms with Crippen molar-refractivity contribution in [2.24, 2.45) is 0 Å². The first-order valence-electron chi connectivity index (χ1n) is 5.42. The molecule has 1 aliphatic rings. The molecular formula is C12H12FNO3. The van der Waals surface area contributed by atoms with Gasteiger partial charge in [0, 0.05) is 18.0 Å². The van der Waals surface area contributed by atoms with E-state index in [1.165, 1.54) is 6.20 Å². The summed E-state index contributed by atoms with van der Waals surface area (Å²) in [6.45, 7) is 1.82. The first kappa shape index (κ1) is 11.6. The zero-order chi connectivity index (χ0) is 12.4. The van der Waals surface area contributed by atoms with E-state index in [-0.39, 0.29) is 23.8 Å². The molecule has 4 nitrogen and oxygen atoms in total. The lowest BCUT2D eigenvalue weighted by molar-refractivity contribution is 0.0524. The molecule has 0 unspecified atom stereocenters. The second-order valence-electron chi connectivity index (χ2n) is 3.69. The standard InChI is InChI=1S/C12H12FNO3/c1-2-17-12(16)7-6-14-9-5-3-4-8(13)10(9)11(7)15/h5-6,14H,2-4H2,1H3. The number of hydrogen-bond donors (Lipinski definition) is 1. The molecule has 0 aliphatic heterocycles. The first-order chi connectivity index (χ1) is 8.15. The Morgan fingerprint density at radius 3 is 3.06 bits per heavy atom. The Kier molecular flexibility index (Phi) is 3.08. The number of nitrogens with one attached hydrogen (secondary N) is 1. The lowest BCUT2D eigenvalue weighted by atomic mass is 10.1. The number of esters is 1. The van der Waals surface area contributed by atoms with Crippen LogP contribution in [-0.2, 0) is 4.74 Å². The van der Waals surface area contributed by atoms with Gasteiger partial charge in [-0.3, -0.25) is 4.79 Å². The summed E-state index contributed by atoms with van der Waals surface area (Å²) in [5.74, 6) is -1.20. The van der Waals surface area contributed by atoms with Crippen LogP contribution in [0, 0.1) is 0 Å². The lowest BCUT2D eigenvalue weighted by Gasteiger charge is -2.05. The summed E-state index contributed by atoms with van der Waals surface area (Å²) in [5.41, 5.74) is -0.762. The van der Waals surface area contributed by atoms with Gasteiger partial charge in [-0.15, -0.1) is 0 Å². The summed E-state index contributed by atoms with van der Waals surface area (Å²) in [7, 11) is 0. The van der Waals surface area contributed by atoms with Gasteiger partial charge in [0.05, 0.1) is 11.8 Å². The second-order valence-corrected chi connectivity index (χ2v) is 3.69. The number of rotatable bonds is 2. The van der Waals surface area contributed by atoms with Crippen LogP contribution in [0.15, 0.2) is 11.0 Å². The SMILES string of the molecule is CCOC(=O)c1c[nH]c2c(c1=O)=C(F)CCC=2. The van der Waals surface area contributed by atoms with E-state index >= 15 is 0 Å². The number of pyridine rings is 1. The predicted molar refractivity (Wildman–Crippen MR) is 60.5 cm³/mol. The van der Waals surface area contributed by atoms with Gasteiger partial charge in [0.15, 0.2) is 0 Å². The van der Waals surface area contributed by atoms with E-state index in [0.717, 1.165) is 0 Å². The van der Waals surface area contributed by atoms with Gasteiger partial charge >= 0.3 is 5.97 Å². The number of ether oxygens (including phenoxy) is 1. The molecule has 1 aromatic rings. The van der Waals surface area contributed by atoms with Crippen LogP contribution in [0.4, 0.5) is 4.39 Å². The third-order valence-electron chi connectivity index (χ3n) is 2.59. The summed E-state index contributed by atoms with van der Waals surface area (Å²) >= 11 is 0. The number of H-pyrrole nitrogens is 1. The molecule has 0 spiro atoms. The Labute approximate surface area is 96.4 Å². The summed E-state index contributed by atoms with van der Waals surface area (Å²) in [6, 6.07) is 0. The third-order valence-corrected chi connectivity index (χ3v) is 2.59. The number of carbonyl (C=O) groups excluding carboxylic acids is 1. The molecule has 1 aliphatic carbocycles. The summed E-state index contributed by atoms with van der Waals surface area (Å²) in [4.78, 5) is 26.2. The van der Waals surface area contributed by atoms with Gasteiger partial charge < -0.3 is 9.72 Å². The van der Waals surface area contributed by atoms with Crippen molar-refractivity contribution in [1.82, 2.24) is 4.98 Å². The fraction of sp³-hybridized carbons (Fsp3) is 0.333. The van der Waals surface area contributed by atoms with Crippen molar-refractivity contribution in [2.75, 3.05) is 6.61 Å². The van der Waals surface area contributed by atoms with Crippen LogP contribution in [0.3, 0.4) is 0 Å². The van der Waals surface area contributed by atoms with Crippen LogP contribution in [0.1, 0.15) is 30.1 Å². The number of halogens is 1. The monoisotopic (exact) mass is 237 g/mol. The number of hydrogen-bond acceptors (Lipinski definition) is 3.